The Kier molecular flexibility index (Phi) is 6.93. The van der Waals surface area contributed by atoms with Crippen LogP contribution in [-0.2, 0) is 16.1 Å². The van der Waals surface area contributed by atoms with Crippen molar-refractivity contribution in [2.45, 2.75) is 33.7 Å². The average Bonchev–Trinajstić information content (AvgIpc) is 3.40. The SMILES string of the molecule is CCCN(Cc1ccc(C)cc1)C(=O)COC(=O)c1c(C)oc(-n2cccc2)c1C#N. The van der Waals surface area contributed by atoms with Gasteiger partial charge in [0.05, 0.1) is 0 Å². The Bertz CT molecular complexity index is 1090. The Hall–Kier alpha value is -3.79. The lowest BCUT2D eigenvalue weighted by Crippen LogP contribution is -2.35. The molecule has 0 radical (unpaired) electrons. The summed E-state index contributed by atoms with van der Waals surface area (Å²) in [5.74, 6) is -0.532. The number of hydrogen-bond donors (Lipinski definition) is 0. The van der Waals surface area contributed by atoms with Crippen LogP contribution in [0, 0.1) is 25.2 Å². The van der Waals surface area contributed by atoms with Crippen molar-refractivity contribution < 1.29 is 18.7 Å². The molecule has 0 bridgehead atoms. The minimum atomic E-state index is -0.753. The van der Waals surface area contributed by atoms with E-state index in [2.05, 4.69) is 0 Å². The van der Waals surface area contributed by atoms with Gasteiger partial charge in [0.1, 0.15) is 23.0 Å². The van der Waals surface area contributed by atoms with Gasteiger partial charge in [-0.05, 0) is 38.0 Å². The summed E-state index contributed by atoms with van der Waals surface area (Å²) >= 11 is 0. The molecule has 0 unspecified atom stereocenters. The molecule has 0 saturated heterocycles. The van der Waals surface area contributed by atoms with Gasteiger partial charge in [0.2, 0.25) is 5.88 Å². The minimum absolute atomic E-state index is 0.0413. The molecule has 0 fully saturated rings. The van der Waals surface area contributed by atoms with Crippen LogP contribution in [0.2, 0.25) is 0 Å². The van der Waals surface area contributed by atoms with Gasteiger partial charge in [-0.3, -0.25) is 9.36 Å². The van der Waals surface area contributed by atoms with Crippen LogP contribution in [0.5, 0.6) is 0 Å². The molecule has 160 valence electrons. The van der Waals surface area contributed by atoms with E-state index < -0.39 is 12.6 Å². The molecule has 0 aliphatic heterocycles. The first kappa shape index (κ1) is 21.9. The lowest BCUT2D eigenvalue weighted by atomic mass is 10.1. The number of amides is 1. The number of esters is 1. The molecule has 3 aromatic rings. The number of carbonyl (C=O) groups is 2. The van der Waals surface area contributed by atoms with E-state index >= 15 is 0 Å². The van der Waals surface area contributed by atoms with E-state index in [1.165, 1.54) is 0 Å². The van der Waals surface area contributed by atoms with Crippen LogP contribution in [0.1, 0.15) is 46.2 Å². The van der Waals surface area contributed by atoms with E-state index in [1.54, 1.807) is 40.9 Å². The number of benzene rings is 1. The van der Waals surface area contributed by atoms with Crippen LogP contribution < -0.4 is 0 Å². The fourth-order valence-corrected chi connectivity index (χ4v) is 3.30. The van der Waals surface area contributed by atoms with E-state index in [4.69, 9.17) is 9.15 Å². The number of nitriles is 1. The Labute approximate surface area is 181 Å². The number of rotatable bonds is 8. The number of aromatic nitrogens is 1. The highest BCUT2D eigenvalue weighted by atomic mass is 16.5. The monoisotopic (exact) mass is 419 g/mol. The molecule has 31 heavy (non-hydrogen) atoms. The zero-order chi connectivity index (χ0) is 22.4. The van der Waals surface area contributed by atoms with Gasteiger partial charge in [-0.1, -0.05) is 36.8 Å². The molecule has 0 spiro atoms. The van der Waals surface area contributed by atoms with Crippen LogP contribution >= 0.6 is 0 Å². The lowest BCUT2D eigenvalue weighted by Gasteiger charge is -2.22. The maximum absolute atomic E-state index is 12.7. The first-order chi connectivity index (χ1) is 14.9. The van der Waals surface area contributed by atoms with Crippen molar-refractivity contribution in [3.05, 3.63) is 76.8 Å². The molecule has 2 heterocycles. The Morgan fingerprint density at radius 3 is 2.45 bits per heavy atom. The maximum Gasteiger partial charge on any atom is 0.343 e. The summed E-state index contributed by atoms with van der Waals surface area (Å²) in [6, 6.07) is 13.5. The van der Waals surface area contributed by atoms with Crippen LogP contribution in [0.4, 0.5) is 0 Å². The summed E-state index contributed by atoms with van der Waals surface area (Å²) in [6.07, 6.45) is 4.21. The topological polar surface area (TPSA) is 88.5 Å². The zero-order valence-electron chi connectivity index (χ0n) is 17.9. The van der Waals surface area contributed by atoms with Crippen molar-refractivity contribution in [2.75, 3.05) is 13.2 Å². The molecule has 2 aromatic heterocycles. The van der Waals surface area contributed by atoms with Crippen molar-refractivity contribution >= 4 is 11.9 Å². The molecule has 0 atom stereocenters. The largest absolute Gasteiger partial charge is 0.452 e. The van der Waals surface area contributed by atoms with Gasteiger partial charge in [0.15, 0.2) is 6.61 Å². The van der Waals surface area contributed by atoms with Crippen molar-refractivity contribution in [3.8, 4) is 12.0 Å². The van der Waals surface area contributed by atoms with Gasteiger partial charge in [-0.2, -0.15) is 5.26 Å². The number of ether oxygens (including phenoxy) is 1. The highest BCUT2D eigenvalue weighted by Gasteiger charge is 2.26. The quantitative estimate of drug-likeness (QED) is 0.512. The van der Waals surface area contributed by atoms with Gasteiger partial charge in [0.25, 0.3) is 5.91 Å². The average molecular weight is 419 g/mol. The van der Waals surface area contributed by atoms with Crippen molar-refractivity contribution in [3.63, 3.8) is 0 Å². The summed E-state index contributed by atoms with van der Waals surface area (Å²) in [5.41, 5.74) is 2.28. The zero-order valence-corrected chi connectivity index (χ0v) is 17.9. The van der Waals surface area contributed by atoms with Crippen LogP contribution in [-0.4, -0.2) is 34.5 Å². The molecular weight excluding hydrogens is 394 g/mol. The van der Waals surface area contributed by atoms with E-state index in [1.807, 2.05) is 44.2 Å². The van der Waals surface area contributed by atoms with Crippen LogP contribution in [0.3, 0.4) is 0 Å². The van der Waals surface area contributed by atoms with Crippen molar-refractivity contribution in [1.29, 1.82) is 5.26 Å². The molecule has 7 nitrogen and oxygen atoms in total. The molecule has 1 amide bonds. The summed E-state index contributed by atoms with van der Waals surface area (Å²) in [7, 11) is 0. The predicted octanol–water partition coefficient (Wildman–Crippen LogP) is 4.15. The van der Waals surface area contributed by atoms with E-state index in [9.17, 15) is 14.9 Å². The number of aryl methyl sites for hydroxylation is 2. The summed E-state index contributed by atoms with van der Waals surface area (Å²) in [6.45, 7) is 6.17. The van der Waals surface area contributed by atoms with Gasteiger partial charge in [-0.25, -0.2) is 4.79 Å². The second kappa shape index (κ2) is 9.81. The fourth-order valence-electron chi connectivity index (χ4n) is 3.30. The molecule has 0 N–H and O–H groups in total. The summed E-state index contributed by atoms with van der Waals surface area (Å²) in [5, 5.41) is 9.57. The van der Waals surface area contributed by atoms with Crippen LogP contribution in [0.25, 0.3) is 5.88 Å². The Balaban J connectivity index is 1.71. The number of furan rings is 1. The van der Waals surface area contributed by atoms with Gasteiger partial charge in [0, 0.05) is 25.5 Å². The Morgan fingerprint density at radius 1 is 1.16 bits per heavy atom. The van der Waals surface area contributed by atoms with Crippen molar-refractivity contribution in [1.82, 2.24) is 9.47 Å². The standard InChI is InChI=1S/C24H25N3O4/c1-4-11-27(15-19-9-7-17(2)8-10-19)21(28)16-30-24(29)22-18(3)31-23(20(22)14-25)26-12-5-6-13-26/h5-10,12-13H,4,11,15-16H2,1-3H3. The maximum atomic E-state index is 12.7. The highest BCUT2D eigenvalue weighted by molar-refractivity contribution is 5.95. The molecule has 7 heteroatoms. The van der Waals surface area contributed by atoms with E-state index in [0.29, 0.717) is 13.1 Å². The molecule has 0 aliphatic rings. The van der Waals surface area contributed by atoms with Gasteiger partial charge < -0.3 is 14.1 Å². The number of hydrogen-bond acceptors (Lipinski definition) is 5. The predicted molar refractivity (Wildman–Crippen MR) is 115 cm³/mol. The highest BCUT2D eigenvalue weighted by Crippen LogP contribution is 2.26. The molecule has 1 aromatic carbocycles. The number of nitrogens with zero attached hydrogens (tertiary/aromatic N) is 3. The second-order valence-corrected chi connectivity index (χ2v) is 7.29. The van der Waals surface area contributed by atoms with E-state index in [-0.39, 0.29) is 28.7 Å². The second-order valence-electron chi connectivity index (χ2n) is 7.29. The third-order valence-corrected chi connectivity index (χ3v) is 4.89. The van der Waals surface area contributed by atoms with Crippen LogP contribution in [0.15, 0.2) is 53.2 Å². The number of carbonyl (C=O) groups excluding carboxylic acids is 2. The smallest absolute Gasteiger partial charge is 0.343 e. The molecule has 0 saturated carbocycles. The van der Waals surface area contributed by atoms with Gasteiger partial charge in [-0.15, -0.1) is 0 Å². The third-order valence-electron chi connectivity index (χ3n) is 4.89. The fraction of sp³-hybridized carbons (Fsp3) is 0.292. The lowest BCUT2D eigenvalue weighted by molar-refractivity contribution is -0.135. The first-order valence-corrected chi connectivity index (χ1v) is 10.1. The van der Waals surface area contributed by atoms with E-state index in [0.717, 1.165) is 17.5 Å². The Morgan fingerprint density at radius 2 is 1.84 bits per heavy atom. The van der Waals surface area contributed by atoms with Crippen molar-refractivity contribution in [2.24, 2.45) is 0 Å². The first-order valence-electron chi connectivity index (χ1n) is 10.1. The summed E-state index contributed by atoms with van der Waals surface area (Å²) < 4.78 is 12.5. The molecule has 3 rings (SSSR count). The normalized spacial score (nSPS) is 10.5. The molecular formula is C24H25N3O4. The third kappa shape index (κ3) is 5.04. The molecule has 0 aliphatic carbocycles. The minimum Gasteiger partial charge on any atom is -0.452 e. The summed E-state index contributed by atoms with van der Waals surface area (Å²) in [4.78, 5) is 27.1. The van der Waals surface area contributed by atoms with Gasteiger partial charge >= 0.3 is 5.97 Å².